The average Bonchev–Trinajstić information content (AvgIpc) is 2.99. The second-order valence-electron chi connectivity index (χ2n) is 9.25. The number of carbonyl (C=O) groups excluding carboxylic acids is 4. The van der Waals surface area contributed by atoms with E-state index in [1.165, 1.54) is 31.4 Å². The minimum atomic E-state index is -0.902. The molecular weight excluding hydrogens is 658 g/mol. The van der Waals surface area contributed by atoms with Crippen molar-refractivity contribution in [3.8, 4) is 23.0 Å². The summed E-state index contributed by atoms with van der Waals surface area (Å²) in [5.41, 5.74) is 0.836. The van der Waals surface area contributed by atoms with Crippen LogP contribution in [0.15, 0.2) is 64.6 Å². The largest absolute Gasteiger partial charge is 0.493 e. The minimum Gasteiger partial charge on any atom is -0.493 e. The zero-order chi connectivity index (χ0) is 31.8. The van der Waals surface area contributed by atoms with Crippen LogP contribution in [0.5, 0.6) is 23.0 Å². The van der Waals surface area contributed by atoms with Crippen molar-refractivity contribution >= 4 is 68.7 Å². The Morgan fingerprint density at radius 3 is 2.41 bits per heavy atom. The molecule has 0 spiro atoms. The Hall–Kier alpha value is -4.55. The third kappa shape index (κ3) is 7.69. The van der Waals surface area contributed by atoms with Gasteiger partial charge in [0.25, 0.3) is 17.7 Å². The van der Waals surface area contributed by atoms with E-state index in [1.807, 2.05) is 6.92 Å². The Bertz CT molecular complexity index is 1610. The van der Waals surface area contributed by atoms with Crippen molar-refractivity contribution in [1.82, 2.24) is 5.32 Å². The molecule has 1 aliphatic rings. The summed E-state index contributed by atoms with van der Waals surface area (Å²) in [7, 11) is 1.40. The third-order valence-corrected chi connectivity index (χ3v) is 6.93. The van der Waals surface area contributed by atoms with Crippen molar-refractivity contribution in [2.24, 2.45) is 0 Å². The SMILES string of the molecule is CCCOc1ccc(N2C(=O)NC(=O)/C(=C\c3cc(Br)c(OCC(=O)Nc4ccc(Cl)cc4)c(OC)c3)C2=O)cc1OCC. The summed E-state index contributed by atoms with van der Waals surface area (Å²) in [6.07, 6.45) is 2.11. The lowest BCUT2D eigenvalue weighted by molar-refractivity contribution is -0.122. The second-order valence-corrected chi connectivity index (χ2v) is 10.5. The molecule has 0 aromatic heterocycles. The van der Waals surface area contributed by atoms with E-state index >= 15 is 0 Å². The van der Waals surface area contributed by atoms with Gasteiger partial charge in [-0.2, -0.15) is 0 Å². The van der Waals surface area contributed by atoms with Crippen molar-refractivity contribution in [2.45, 2.75) is 20.3 Å². The molecule has 0 aliphatic carbocycles. The van der Waals surface area contributed by atoms with Crippen molar-refractivity contribution < 1.29 is 38.1 Å². The first kappa shape index (κ1) is 32.4. The molecule has 1 aliphatic heterocycles. The number of methoxy groups -OCH3 is 1. The molecular formula is C31H29BrClN3O8. The zero-order valence-electron chi connectivity index (χ0n) is 24.1. The van der Waals surface area contributed by atoms with Gasteiger partial charge in [0.2, 0.25) is 0 Å². The van der Waals surface area contributed by atoms with Crippen LogP contribution in [0.2, 0.25) is 5.02 Å². The minimum absolute atomic E-state index is 0.192. The maximum absolute atomic E-state index is 13.5. The maximum atomic E-state index is 13.5. The van der Waals surface area contributed by atoms with E-state index in [2.05, 4.69) is 26.6 Å². The van der Waals surface area contributed by atoms with Gasteiger partial charge in [-0.1, -0.05) is 18.5 Å². The number of amides is 5. The fourth-order valence-electron chi connectivity index (χ4n) is 4.13. The number of ether oxygens (including phenoxy) is 4. The van der Waals surface area contributed by atoms with Crippen LogP contribution in [0.1, 0.15) is 25.8 Å². The van der Waals surface area contributed by atoms with E-state index in [0.29, 0.717) is 45.5 Å². The van der Waals surface area contributed by atoms with Crippen LogP contribution in [-0.4, -0.2) is 50.7 Å². The number of hydrogen-bond acceptors (Lipinski definition) is 8. The quantitative estimate of drug-likeness (QED) is 0.176. The lowest BCUT2D eigenvalue weighted by atomic mass is 10.1. The van der Waals surface area contributed by atoms with Crippen LogP contribution in [0, 0.1) is 0 Å². The molecule has 11 nitrogen and oxygen atoms in total. The van der Waals surface area contributed by atoms with Gasteiger partial charge in [0.1, 0.15) is 5.57 Å². The molecule has 2 N–H and O–H groups in total. The van der Waals surface area contributed by atoms with Gasteiger partial charge in [-0.3, -0.25) is 19.7 Å². The van der Waals surface area contributed by atoms with Crippen LogP contribution >= 0.6 is 27.5 Å². The normalized spacial score (nSPS) is 13.9. The molecule has 3 aromatic rings. The first-order chi connectivity index (χ1) is 21.1. The van der Waals surface area contributed by atoms with E-state index in [1.54, 1.807) is 43.3 Å². The third-order valence-electron chi connectivity index (χ3n) is 6.09. The number of imide groups is 2. The Morgan fingerprint density at radius 2 is 1.73 bits per heavy atom. The van der Waals surface area contributed by atoms with E-state index in [-0.39, 0.29) is 29.4 Å². The number of anilines is 2. The standard InChI is InChI=1S/C31H29BrClN3O8/c1-4-12-43-24-11-10-21(16-25(24)42-5-2)36-30(39)22(29(38)35-31(36)40)13-18-14-23(32)28(26(15-18)41-3)44-17-27(37)34-20-8-6-19(33)7-9-20/h6-11,13-16H,4-5,12,17H2,1-3H3,(H,34,37)(H,35,38,40)/b22-13+. The highest BCUT2D eigenvalue weighted by atomic mass is 79.9. The van der Waals surface area contributed by atoms with E-state index in [4.69, 9.17) is 30.5 Å². The molecule has 0 saturated carbocycles. The van der Waals surface area contributed by atoms with Crippen LogP contribution in [-0.2, 0) is 14.4 Å². The molecule has 1 fully saturated rings. The molecule has 0 radical (unpaired) electrons. The number of barbiturate groups is 1. The van der Waals surface area contributed by atoms with Crippen molar-refractivity contribution in [1.29, 1.82) is 0 Å². The van der Waals surface area contributed by atoms with Crippen molar-refractivity contribution in [3.63, 3.8) is 0 Å². The lowest BCUT2D eigenvalue weighted by Crippen LogP contribution is -2.54. The van der Waals surface area contributed by atoms with Crippen LogP contribution in [0.3, 0.4) is 0 Å². The smallest absolute Gasteiger partial charge is 0.335 e. The van der Waals surface area contributed by atoms with Gasteiger partial charge in [0, 0.05) is 16.8 Å². The van der Waals surface area contributed by atoms with E-state index in [0.717, 1.165) is 11.3 Å². The molecule has 4 rings (SSSR count). The number of nitrogens with zero attached hydrogens (tertiary/aromatic N) is 1. The summed E-state index contributed by atoms with van der Waals surface area (Å²) < 4.78 is 22.9. The molecule has 0 atom stereocenters. The monoisotopic (exact) mass is 685 g/mol. The topological polar surface area (TPSA) is 132 Å². The number of carbonyl (C=O) groups is 4. The highest BCUT2D eigenvalue weighted by Crippen LogP contribution is 2.38. The van der Waals surface area contributed by atoms with Crippen LogP contribution < -0.4 is 34.5 Å². The molecule has 1 heterocycles. The zero-order valence-corrected chi connectivity index (χ0v) is 26.4. The number of hydrogen-bond donors (Lipinski definition) is 2. The summed E-state index contributed by atoms with van der Waals surface area (Å²) in [6, 6.07) is 13.5. The lowest BCUT2D eigenvalue weighted by Gasteiger charge is -2.27. The predicted octanol–water partition coefficient (Wildman–Crippen LogP) is 5.98. The Morgan fingerprint density at radius 1 is 0.977 bits per heavy atom. The summed E-state index contributed by atoms with van der Waals surface area (Å²) in [6.45, 7) is 4.23. The number of nitrogens with one attached hydrogen (secondary N) is 2. The van der Waals surface area contributed by atoms with Gasteiger partial charge in [-0.25, -0.2) is 9.69 Å². The fourth-order valence-corrected chi connectivity index (χ4v) is 4.83. The van der Waals surface area contributed by atoms with Gasteiger partial charge in [0.15, 0.2) is 29.6 Å². The molecule has 5 amide bonds. The fraction of sp³-hybridized carbons (Fsp3) is 0.226. The summed E-state index contributed by atoms with van der Waals surface area (Å²) >= 11 is 9.29. The summed E-state index contributed by atoms with van der Waals surface area (Å²) in [5.74, 6) is -0.837. The number of urea groups is 1. The Kier molecular flexibility index (Phi) is 10.9. The van der Waals surface area contributed by atoms with Gasteiger partial charge in [0.05, 0.1) is 30.5 Å². The first-order valence-electron chi connectivity index (χ1n) is 13.5. The van der Waals surface area contributed by atoms with Gasteiger partial charge in [-0.15, -0.1) is 0 Å². The van der Waals surface area contributed by atoms with Crippen molar-refractivity contribution in [2.75, 3.05) is 37.1 Å². The predicted molar refractivity (Wildman–Crippen MR) is 169 cm³/mol. The molecule has 1 saturated heterocycles. The van der Waals surface area contributed by atoms with Crippen molar-refractivity contribution in [3.05, 3.63) is 75.2 Å². The van der Waals surface area contributed by atoms with Gasteiger partial charge >= 0.3 is 6.03 Å². The Labute approximate surface area is 267 Å². The second kappa shape index (κ2) is 14.8. The molecule has 0 bridgehead atoms. The Balaban J connectivity index is 1.57. The van der Waals surface area contributed by atoms with Gasteiger partial charge < -0.3 is 24.3 Å². The van der Waals surface area contributed by atoms with E-state index < -0.39 is 23.8 Å². The van der Waals surface area contributed by atoms with E-state index in [9.17, 15) is 19.2 Å². The van der Waals surface area contributed by atoms with Gasteiger partial charge in [-0.05, 0) is 89.4 Å². The number of halogens is 2. The highest BCUT2D eigenvalue weighted by Gasteiger charge is 2.37. The average molecular weight is 687 g/mol. The summed E-state index contributed by atoms with van der Waals surface area (Å²) in [5, 5.41) is 5.44. The molecule has 230 valence electrons. The number of benzene rings is 3. The number of rotatable bonds is 12. The summed E-state index contributed by atoms with van der Waals surface area (Å²) in [4.78, 5) is 52.3. The van der Waals surface area contributed by atoms with Crippen LogP contribution in [0.4, 0.5) is 16.2 Å². The first-order valence-corrected chi connectivity index (χ1v) is 14.7. The maximum Gasteiger partial charge on any atom is 0.335 e. The molecule has 0 unspecified atom stereocenters. The van der Waals surface area contributed by atoms with Crippen LogP contribution in [0.25, 0.3) is 6.08 Å². The molecule has 3 aromatic carbocycles. The molecule has 44 heavy (non-hydrogen) atoms. The molecule has 13 heteroatoms. The highest BCUT2D eigenvalue weighted by molar-refractivity contribution is 9.10.